The van der Waals surface area contributed by atoms with Crippen LogP contribution in [0.4, 0.5) is 5.95 Å². The lowest BCUT2D eigenvalue weighted by Crippen LogP contribution is -2.12. The fourth-order valence-electron chi connectivity index (χ4n) is 2.30. The third-order valence-corrected chi connectivity index (χ3v) is 3.95. The molecule has 0 radical (unpaired) electrons. The quantitative estimate of drug-likeness (QED) is 0.700. The van der Waals surface area contributed by atoms with Gasteiger partial charge < -0.3 is 10.1 Å². The molecule has 0 amide bonds. The number of anilines is 1. The molecule has 0 fully saturated rings. The third kappa shape index (κ3) is 4.02. The van der Waals surface area contributed by atoms with Crippen LogP contribution >= 0.6 is 15.9 Å². The molecule has 5 nitrogen and oxygen atoms in total. The lowest BCUT2D eigenvalue weighted by atomic mass is 10.1. The van der Waals surface area contributed by atoms with E-state index in [1.54, 1.807) is 7.11 Å². The molecule has 3 aromatic rings. The number of aromatic nitrogens is 2. The monoisotopic (exact) mass is 385 g/mol. The second-order valence-electron chi connectivity index (χ2n) is 5.19. The maximum absolute atomic E-state index is 11.9. The largest absolute Gasteiger partial charge is 0.497 e. The Morgan fingerprint density at radius 1 is 1.17 bits per heavy atom. The second-order valence-corrected chi connectivity index (χ2v) is 6.11. The fraction of sp³-hybridized carbons (Fsp3) is 0.111. The summed E-state index contributed by atoms with van der Waals surface area (Å²) in [5.41, 5.74) is 2.29. The molecule has 1 aromatic heterocycles. The highest BCUT2D eigenvalue weighted by atomic mass is 79.9. The minimum Gasteiger partial charge on any atom is -0.497 e. The van der Waals surface area contributed by atoms with Gasteiger partial charge in [0.15, 0.2) is 0 Å². The molecule has 2 aromatic carbocycles. The number of rotatable bonds is 5. The Bertz CT molecular complexity index is 909. The van der Waals surface area contributed by atoms with Crippen molar-refractivity contribution >= 4 is 21.9 Å². The highest BCUT2D eigenvalue weighted by Gasteiger charge is 2.05. The number of methoxy groups -OCH3 is 1. The van der Waals surface area contributed by atoms with Crippen molar-refractivity contribution in [2.24, 2.45) is 0 Å². The van der Waals surface area contributed by atoms with Crippen molar-refractivity contribution < 1.29 is 4.74 Å². The molecule has 122 valence electrons. The summed E-state index contributed by atoms with van der Waals surface area (Å²) in [5, 5.41) is 3.15. The summed E-state index contributed by atoms with van der Waals surface area (Å²) in [6, 6.07) is 16.9. The van der Waals surface area contributed by atoms with Crippen LogP contribution in [-0.4, -0.2) is 17.1 Å². The van der Waals surface area contributed by atoms with E-state index in [0.29, 0.717) is 18.2 Å². The van der Waals surface area contributed by atoms with E-state index in [9.17, 15) is 4.79 Å². The molecular weight excluding hydrogens is 370 g/mol. The first kappa shape index (κ1) is 16.3. The van der Waals surface area contributed by atoms with Crippen LogP contribution in [0.2, 0.25) is 0 Å². The number of hydrogen-bond acceptors (Lipinski definition) is 4. The van der Waals surface area contributed by atoms with Gasteiger partial charge in [-0.15, -0.1) is 0 Å². The molecular formula is C18H16BrN3O2. The maximum atomic E-state index is 11.9. The van der Waals surface area contributed by atoms with Crippen molar-refractivity contribution in [1.29, 1.82) is 0 Å². The fourth-order valence-corrected chi connectivity index (χ4v) is 2.75. The number of H-pyrrole nitrogens is 1. The zero-order chi connectivity index (χ0) is 16.9. The van der Waals surface area contributed by atoms with Gasteiger partial charge in [0.05, 0.1) is 12.8 Å². The van der Waals surface area contributed by atoms with E-state index in [1.807, 2.05) is 48.5 Å². The Labute approximate surface area is 147 Å². The van der Waals surface area contributed by atoms with Gasteiger partial charge in [0.2, 0.25) is 5.95 Å². The lowest BCUT2D eigenvalue weighted by Gasteiger charge is -2.08. The van der Waals surface area contributed by atoms with Gasteiger partial charge in [0, 0.05) is 22.6 Å². The molecule has 0 saturated carbocycles. The average Bonchev–Trinajstić information content (AvgIpc) is 2.60. The summed E-state index contributed by atoms with van der Waals surface area (Å²) in [6.45, 7) is 0.559. The van der Waals surface area contributed by atoms with Gasteiger partial charge >= 0.3 is 0 Å². The molecule has 0 unspecified atom stereocenters. The van der Waals surface area contributed by atoms with Crippen LogP contribution in [0.25, 0.3) is 11.3 Å². The summed E-state index contributed by atoms with van der Waals surface area (Å²) in [6.07, 6.45) is 0. The zero-order valence-corrected chi connectivity index (χ0v) is 14.6. The molecule has 0 bridgehead atoms. The number of halogens is 1. The Balaban J connectivity index is 1.84. The van der Waals surface area contributed by atoms with Gasteiger partial charge in [-0.1, -0.05) is 40.2 Å². The molecule has 0 spiro atoms. The Morgan fingerprint density at radius 2 is 2.00 bits per heavy atom. The van der Waals surface area contributed by atoms with Crippen molar-refractivity contribution in [2.75, 3.05) is 12.4 Å². The molecule has 2 N–H and O–H groups in total. The minimum atomic E-state index is -0.209. The highest BCUT2D eigenvalue weighted by molar-refractivity contribution is 9.10. The molecule has 0 saturated heterocycles. The van der Waals surface area contributed by atoms with Crippen LogP contribution in [0.1, 0.15) is 5.56 Å². The van der Waals surface area contributed by atoms with E-state index in [2.05, 4.69) is 31.2 Å². The number of ether oxygens (including phenoxy) is 1. The van der Waals surface area contributed by atoms with Crippen LogP contribution in [0, 0.1) is 0 Å². The molecule has 0 aliphatic carbocycles. The number of nitrogens with one attached hydrogen (secondary N) is 2. The predicted octanol–water partition coefficient (Wildman–Crippen LogP) is 3.82. The molecule has 6 heteroatoms. The Hall–Kier alpha value is -2.60. The summed E-state index contributed by atoms with van der Waals surface area (Å²) in [4.78, 5) is 19.1. The van der Waals surface area contributed by atoms with E-state index in [1.165, 1.54) is 6.07 Å². The normalized spacial score (nSPS) is 10.4. The predicted molar refractivity (Wildman–Crippen MR) is 98.3 cm³/mol. The molecule has 0 atom stereocenters. The van der Waals surface area contributed by atoms with E-state index in [4.69, 9.17) is 4.74 Å². The average molecular weight is 386 g/mol. The molecule has 3 rings (SSSR count). The lowest BCUT2D eigenvalue weighted by molar-refractivity contribution is 0.415. The van der Waals surface area contributed by atoms with Crippen molar-refractivity contribution in [3.63, 3.8) is 0 Å². The van der Waals surface area contributed by atoms with Crippen LogP contribution in [0.5, 0.6) is 5.75 Å². The Kier molecular flexibility index (Phi) is 4.96. The second kappa shape index (κ2) is 7.31. The summed E-state index contributed by atoms with van der Waals surface area (Å²) in [7, 11) is 1.61. The van der Waals surface area contributed by atoms with E-state index in [0.717, 1.165) is 21.3 Å². The minimum absolute atomic E-state index is 0.209. The first-order valence-corrected chi connectivity index (χ1v) is 8.17. The number of nitrogens with zero attached hydrogens (tertiary/aromatic N) is 1. The maximum Gasteiger partial charge on any atom is 0.252 e. The van der Waals surface area contributed by atoms with E-state index < -0.39 is 0 Å². The molecule has 0 aliphatic heterocycles. The van der Waals surface area contributed by atoms with Crippen molar-refractivity contribution in [3.05, 3.63) is 75.0 Å². The van der Waals surface area contributed by atoms with Gasteiger partial charge in [-0.3, -0.25) is 9.78 Å². The third-order valence-electron chi connectivity index (χ3n) is 3.46. The van der Waals surface area contributed by atoms with E-state index >= 15 is 0 Å². The van der Waals surface area contributed by atoms with Gasteiger partial charge in [-0.25, -0.2) is 4.98 Å². The van der Waals surface area contributed by atoms with Gasteiger partial charge in [-0.05, 0) is 29.8 Å². The van der Waals surface area contributed by atoms with Crippen molar-refractivity contribution in [3.8, 4) is 17.0 Å². The van der Waals surface area contributed by atoms with E-state index in [-0.39, 0.29) is 5.56 Å². The Morgan fingerprint density at radius 3 is 2.79 bits per heavy atom. The van der Waals surface area contributed by atoms with Crippen molar-refractivity contribution in [2.45, 2.75) is 6.54 Å². The summed E-state index contributed by atoms with van der Waals surface area (Å²) >= 11 is 3.44. The van der Waals surface area contributed by atoms with Crippen LogP contribution < -0.4 is 15.6 Å². The molecule has 0 aliphatic rings. The molecule has 24 heavy (non-hydrogen) atoms. The topological polar surface area (TPSA) is 67.0 Å². The first-order chi connectivity index (χ1) is 11.6. The van der Waals surface area contributed by atoms with Gasteiger partial charge in [-0.2, -0.15) is 0 Å². The SMILES string of the molecule is COc1cccc(-c2cc(=O)[nH]c(NCc3cccc(Br)c3)n2)c1. The zero-order valence-electron chi connectivity index (χ0n) is 13.0. The smallest absolute Gasteiger partial charge is 0.252 e. The van der Waals surface area contributed by atoms with Crippen molar-refractivity contribution in [1.82, 2.24) is 9.97 Å². The highest BCUT2D eigenvalue weighted by Crippen LogP contribution is 2.22. The number of benzene rings is 2. The standard InChI is InChI=1S/C18H16BrN3O2/c1-24-15-7-3-5-13(9-15)16-10-17(23)22-18(21-16)20-11-12-4-2-6-14(19)8-12/h2-10H,11H2,1H3,(H2,20,21,22,23). The van der Waals surface area contributed by atoms with Crippen LogP contribution in [0.3, 0.4) is 0 Å². The van der Waals surface area contributed by atoms with Crippen LogP contribution in [-0.2, 0) is 6.54 Å². The number of hydrogen-bond donors (Lipinski definition) is 2. The summed E-state index contributed by atoms with van der Waals surface area (Å²) < 4.78 is 6.23. The number of aromatic amines is 1. The first-order valence-electron chi connectivity index (χ1n) is 7.38. The van der Waals surface area contributed by atoms with Gasteiger partial charge in [0.25, 0.3) is 5.56 Å². The van der Waals surface area contributed by atoms with Crippen LogP contribution in [0.15, 0.2) is 63.9 Å². The molecule has 1 heterocycles. The van der Waals surface area contributed by atoms with Gasteiger partial charge in [0.1, 0.15) is 5.75 Å². The summed E-state index contributed by atoms with van der Waals surface area (Å²) in [5.74, 6) is 1.15.